The summed E-state index contributed by atoms with van der Waals surface area (Å²) in [5.74, 6) is -2.87. The molecule has 0 radical (unpaired) electrons. The quantitative estimate of drug-likeness (QED) is 0.368. The van der Waals surface area contributed by atoms with Crippen molar-refractivity contribution in [3.05, 3.63) is 47.8 Å². The van der Waals surface area contributed by atoms with E-state index in [9.17, 15) is 22.0 Å². The van der Waals surface area contributed by atoms with Crippen LogP contribution in [0.3, 0.4) is 0 Å². The number of H-pyrrole nitrogens is 1. The first kappa shape index (κ1) is 16.4. The van der Waals surface area contributed by atoms with Crippen molar-refractivity contribution in [2.75, 3.05) is 16.8 Å². The summed E-state index contributed by atoms with van der Waals surface area (Å²) < 4.78 is 70.5. The van der Waals surface area contributed by atoms with Gasteiger partial charge >= 0.3 is 6.18 Å². The summed E-state index contributed by atoms with van der Waals surface area (Å²) in [4.78, 5) is 2.81. The van der Waals surface area contributed by atoms with Crippen molar-refractivity contribution >= 4 is 23.6 Å². The van der Waals surface area contributed by atoms with Crippen molar-refractivity contribution < 1.29 is 26.2 Å². The first-order chi connectivity index (χ1) is 10.3. The van der Waals surface area contributed by atoms with Crippen molar-refractivity contribution in [2.45, 2.75) is 6.18 Å². The van der Waals surface area contributed by atoms with Gasteiger partial charge in [0.2, 0.25) is 0 Å². The standard InChI is InChI=1S/C12H10F5N3OS/c1-20(7-2-3-18-6-7)22-21-19-11-5-9(13)8(4-10(11)14)12(15,16)17/h2-6,18-19H,1H3. The van der Waals surface area contributed by atoms with Crippen molar-refractivity contribution in [1.29, 1.82) is 0 Å². The van der Waals surface area contributed by atoms with E-state index in [4.69, 9.17) is 4.28 Å². The third kappa shape index (κ3) is 3.83. The Hall–Kier alpha value is -1.94. The zero-order valence-corrected chi connectivity index (χ0v) is 11.9. The molecule has 0 unspecified atom stereocenters. The number of aromatic amines is 1. The van der Waals surface area contributed by atoms with E-state index in [1.54, 1.807) is 29.8 Å². The topological polar surface area (TPSA) is 40.3 Å². The van der Waals surface area contributed by atoms with E-state index in [0.29, 0.717) is 6.07 Å². The van der Waals surface area contributed by atoms with Crippen LogP contribution in [0.4, 0.5) is 33.3 Å². The van der Waals surface area contributed by atoms with Crippen molar-refractivity contribution in [1.82, 2.24) is 4.98 Å². The average Bonchev–Trinajstić information content (AvgIpc) is 2.95. The molecule has 0 spiro atoms. The van der Waals surface area contributed by atoms with E-state index in [2.05, 4.69) is 10.5 Å². The zero-order chi connectivity index (χ0) is 16.3. The summed E-state index contributed by atoms with van der Waals surface area (Å²) in [5, 5.41) is 0. The van der Waals surface area contributed by atoms with E-state index in [-0.39, 0.29) is 6.07 Å². The van der Waals surface area contributed by atoms with Gasteiger partial charge in [0.25, 0.3) is 0 Å². The summed E-state index contributed by atoms with van der Waals surface area (Å²) in [6.07, 6.45) is -1.63. The van der Waals surface area contributed by atoms with Crippen LogP contribution in [0.1, 0.15) is 5.56 Å². The summed E-state index contributed by atoms with van der Waals surface area (Å²) >= 11 is 0.744. The molecule has 1 aromatic heterocycles. The molecule has 22 heavy (non-hydrogen) atoms. The number of rotatable bonds is 5. The fourth-order valence-electron chi connectivity index (χ4n) is 1.52. The van der Waals surface area contributed by atoms with Crippen LogP contribution < -0.4 is 9.79 Å². The molecule has 0 fully saturated rings. The van der Waals surface area contributed by atoms with Gasteiger partial charge in [-0.3, -0.25) is 4.31 Å². The van der Waals surface area contributed by atoms with Crippen molar-refractivity contribution in [3.63, 3.8) is 0 Å². The number of nitrogens with zero attached hydrogens (tertiary/aromatic N) is 1. The maximum absolute atomic E-state index is 13.5. The molecule has 120 valence electrons. The lowest BCUT2D eigenvalue weighted by atomic mass is 10.2. The number of alkyl halides is 3. The van der Waals surface area contributed by atoms with Gasteiger partial charge in [-0.1, -0.05) is 0 Å². The smallest absolute Gasteiger partial charge is 0.366 e. The molecule has 2 N–H and O–H groups in total. The molecular weight excluding hydrogens is 329 g/mol. The molecule has 0 bridgehead atoms. The van der Waals surface area contributed by atoms with Crippen LogP contribution in [0.25, 0.3) is 0 Å². The molecule has 4 nitrogen and oxygen atoms in total. The second-order valence-electron chi connectivity index (χ2n) is 4.14. The maximum atomic E-state index is 13.5. The molecule has 0 aliphatic rings. The van der Waals surface area contributed by atoms with Crippen LogP contribution in [0.15, 0.2) is 30.6 Å². The van der Waals surface area contributed by atoms with Gasteiger partial charge < -0.3 is 4.98 Å². The summed E-state index contributed by atoms with van der Waals surface area (Å²) in [6.45, 7) is 0. The van der Waals surface area contributed by atoms with Gasteiger partial charge in [-0.05, 0) is 12.1 Å². The van der Waals surface area contributed by atoms with Gasteiger partial charge in [-0.15, -0.1) is 0 Å². The molecule has 2 aromatic rings. The fourth-order valence-corrected chi connectivity index (χ4v) is 1.95. The number of nitrogens with one attached hydrogen (secondary N) is 2. The summed E-state index contributed by atoms with van der Waals surface area (Å²) in [5.41, 5.74) is 0.581. The van der Waals surface area contributed by atoms with E-state index < -0.39 is 29.1 Å². The minimum atomic E-state index is -4.96. The Morgan fingerprint density at radius 3 is 2.55 bits per heavy atom. The van der Waals surface area contributed by atoms with Gasteiger partial charge in [-0.2, -0.15) is 17.5 Å². The Bertz CT molecular complexity index is 632. The number of hydrogen-bond donors (Lipinski definition) is 2. The highest BCUT2D eigenvalue weighted by molar-refractivity contribution is 7.96. The van der Waals surface area contributed by atoms with E-state index in [1.165, 1.54) is 0 Å². The van der Waals surface area contributed by atoms with Crippen LogP contribution in [-0.4, -0.2) is 12.0 Å². The maximum Gasteiger partial charge on any atom is 0.419 e. The molecule has 0 amide bonds. The molecule has 0 aliphatic carbocycles. The first-order valence-electron chi connectivity index (χ1n) is 5.81. The largest absolute Gasteiger partial charge is 0.419 e. The Morgan fingerprint density at radius 2 is 1.95 bits per heavy atom. The minimum Gasteiger partial charge on any atom is -0.366 e. The molecule has 1 heterocycles. The van der Waals surface area contributed by atoms with Gasteiger partial charge in [-0.25, -0.2) is 14.3 Å². The van der Waals surface area contributed by atoms with Gasteiger partial charge in [0.1, 0.15) is 29.6 Å². The summed E-state index contributed by atoms with van der Waals surface area (Å²) in [6, 6.07) is 2.19. The Labute approximate surface area is 126 Å². The highest BCUT2D eigenvalue weighted by atomic mass is 32.2. The fraction of sp³-hybridized carbons (Fsp3) is 0.167. The van der Waals surface area contributed by atoms with Crippen LogP contribution in [0, 0.1) is 11.6 Å². The molecular formula is C12H10F5N3OS. The van der Waals surface area contributed by atoms with Crippen LogP contribution in [0.2, 0.25) is 0 Å². The first-order valence-corrected chi connectivity index (χ1v) is 6.51. The van der Waals surface area contributed by atoms with Crippen molar-refractivity contribution in [3.8, 4) is 0 Å². The lowest BCUT2D eigenvalue weighted by molar-refractivity contribution is -0.140. The molecule has 0 saturated heterocycles. The van der Waals surface area contributed by atoms with Crippen LogP contribution >= 0.6 is 12.2 Å². The monoisotopic (exact) mass is 339 g/mol. The Kier molecular flexibility index (Phi) is 4.81. The predicted molar refractivity (Wildman–Crippen MR) is 72.9 cm³/mol. The van der Waals surface area contributed by atoms with Gasteiger partial charge in [0.05, 0.1) is 11.3 Å². The summed E-state index contributed by atoms with van der Waals surface area (Å²) in [7, 11) is 1.64. The zero-order valence-electron chi connectivity index (χ0n) is 11.0. The number of halogens is 5. The highest BCUT2D eigenvalue weighted by Crippen LogP contribution is 2.34. The molecule has 10 heteroatoms. The number of hydrogen-bond acceptors (Lipinski definition) is 4. The van der Waals surface area contributed by atoms with Gasteiger partial charge in [0, 0.05) is 25.5 Å². The number of benzene rings is 1. The third-order valence-electron chi connectivity index (χ3n) is 2.61. The van der Waals surface area contributed by atoms with E-state index in [0.717, 1.165) is 17.9 Å². The SMILES string of the molecule is CN(SONc1cc(F)c(C(F)(F)F)cc1F)c1cc[nH]c1. The molecule has 1 aromatic carbocycles. The number of aromatic nitrogens is 1. The number of anilines is 2. The van der Waals surface area contributed by atoms with E-state index in [1.807, 2.05) is 0 Å². The van der Waals surface area contributed by atoms with Crippen LogP contribution in [-0.2, 0) is 10.5 Å². The van der Waals surface area contributed by atoms with Crippen molar-refractivity contribution in [2.24, 2.45) is 0 Å². The average molecular weight is 339 g/mol. The van der Waals surface area contributed by atoms with E-state index >= 15 is 0 Å². The predicted octanol–water partition coefficient (Wildman–Crippen LogP) is 4.35. The van der Waals surface area contributed by atoms with Gasteiger partial charge in [0.15, 0.2) is 0 Å². The lowest BCUT2D eigenvalue weighted by Gasteiger charge is -2.15. The lowest BCUT2D eigenvalue weighted by Crippen LogP contribution is -2.12. The molecule has 2 rings (SSSR count). The third-order valence-corrected chi connectivity index (χ3v) is 3.20. The molecule has 0 aliphatic heterocycles. The second-order valence-corrected chi connectivity index (χ2v) is 5.00. The normalized spacial score (nSPS) is 11.5. The second kappa shape index (κ2) is 6.44. The molecule has 0 saturated carbocycles. The Morgan fingerprint density at radius 1 is 1.23 bits per heavy atom. The van der Waals surface area contributed by atoms with Crippen LogP contribution in [0.5, 0.6) is 0 Å². The molecule has 0 atom stereocenters. The Balaban J connectivity index is 2.00. The minimum absolute atomic E-state index is 0.0710. The highest BCUT2D eigenvalue weighted by Gasteiger charge is 2.35.